The fourth-order valence-corrected chi connectivity index (χ4v) is 6.05. The van der Waals surface area contributed by atoms with Gasteiger partial charge in [0.25, 0.3) is 0 Å². The van der Waals surface area contributed by atoms with Crippen LogP contribution in [0.3, 0.4) is 0 Å². The summed E-state index contributed by atoms with van der Waals surface area (Å²) in [6.45, 7) is -0.0589. The standard InChI is InChI=1S/C25H26F5N3O3S/c26-14-37(35,36)32-22-20(33(13-24(22)4-5-24)23(34)31-12-25(30)6-7-25)10-15-2-1-3-19(21(15)29)16-8-17(27)11-18(28)9-16/h1-3,8-9,11,20,22,32H,4-7,10,12-14H2,(H,31,34)/t20-,22+/m0/s1. The van der Waals surface area contributed by atoms with E-state index in [9.17, 15) is 30.8 Å². The van der Waals surface area contributed by atoms with Crippen molar-refractivity contribution in [2.75, 3.05) is 19.1 Å². The summed E-state index contributed by atoms with van der Waals surface area (Å²) in [4.78, 5) is 14.4. The van der Waals surface area contributed by atoms with Crippen LogP contribution in [0.2, 0.25) is 0 Å². The molecule has 5 rings (SSSR count). The summed E-state index contributed by atoms with van der Waals surface area (Å²) in [7, 11) is -4.32. The zero-order valence-electron chi connectivity index (χ0n) is 19.7. The lowest BCUT2D eigenvalue weighted by atomic mass is 9.91. The molecule has 1 spiro atoms. The van der Waals surface area contributed by atoms with Crippen LogP contribution >= 0.6 is 0 Å². The van der Waals surface area contributed by atoms with E-state index in [-0.39, 0.29) is 36.2 Å². The Bertz CT molecular complexity index is 1310. The van der Waals surface area contributed by atoms with Crippen LogP contribution in [-0.2, 0) is 16.4 Å². The molecule has 2 saturated carbocycles. The number of rotatable bonds is 8. The summed E-state index contributed by atoms with van der Waals surface area (Å²) in [6, 6.07) is 2.85. The third-order valence-corrected chi connectivity index (χ3v) is 8.46. The molecule has 200 valence electrons. The van der Waals surface area contributed by atoms with Gasteiger partial charge in [0.2, 0.25) is 16.0 Å². The Kier molecular flexibility index (Phi) is 6.46. The average Bonchev–Trinajstić information content (AvgIpc) is 3.75. The molecule has 3 aliphatic rings. The number of urea groups is 1. The molecule has 0 radical (unpaired) electrons. The Hall–Kier alpha value is -2.73. The number of alkyl halides is 2. The molecule has 2 atom stereocenters. The van der Waals surface area contributed by atoms with Crippen molar-refractivity contribution < 1.29 is 35.2 Å². The second kappa shape index (κ2) is 9.23. The lowest BCUT2D eigenvalue weighted by molar-refractivity contribution is 0.182. The minimum Gasteiger partial charge on any atom is -0.335 e. The van der Waals surface area contributed by atoms with E-state index in [1.807, 2.05) is 0 Å². The van der Waals surface area contributed by atoms with Crippen molar-refractivity contribution in [1.29, 1.82) is 0 Å². The molecule has 2 N–H and O–H groups in total. The van der Waals surface area contributed by atoms with E-state index in [1.54, 1.807) is 0 Å². The number of nitrogens with zero attached hydrogens (tertiary/aromatic N) is 1. The third kappa shape index (κ3) is 5.31. The van der Waals surface area contributed by atoms with Gasteiger partial charge >= 0.3 is 6.03 Å². The minimum atomic E-state index is -4.32. The Morgan fingerprint density at radius 2 is 1.73 bits per heavy atom. The Labute approximate surface area is 211 Å². The summed E-state index contributed by atoms with van der Waals surface area (Å²) in [6.07, 6.45) is 1.65. The predicted octanol–water partition coefficient (Wildman–Crippen LogP) is 4.20. The highest BCUT2D eigenvalue weighted by Crippen LogP contribution is 2.55. The highest BCUT2D eigenvalue weighted by molar-refractivity contribution is 7.89. The van der Waals surface area contributed by atoms with Crippen molar-refractivity contribution in [2.45, 2.75) is 49.9 Å². The number of amides is 2. The molecule has 1 saturated heterocycles. The van der Waals surface area contributed by atoms with Gasteiger partial charge in [-0.15, -0.1) is 0 Å². The van der Waals surface area contributed by atoms with Gasteiger partial charge in [-0.05, 0) is 55.4 Å². The number of carbonyl (C=O) groups excluding carboxylic acids is 1. The van der Waals surface area contributed by atoms with Crippen LogP contribution < -0.4 is 10.0 Å². The summed E-state index contributed by atoms with van der Waals surface area (Å²) in [5.41, 5.74) is -2.12. The molecule has 0 bridgehead atoms. The second-order valence-corrected chi connectivity index (χ2v) is 12.0. The van der Waals surface area contributed by atoms with E-state index in [0.717, 1.165) is 12.1 Å². The van der Waals surface area contributed by atoms with Crippen molar-refractivity contribution in [2.24, 2.45) is 5.41 Å². The topological polar surface area (TPSA) is 78.5 Å². The zero-order chi connectivity index (χ0) is 26.6. The highest BCUT2D eigenvalue weighted by Gasteiger charge is 2.61. The molecule has 2 aromatic rings. The molecular weight excluding hydrogens is 517 g/mol. The number of sulfonamides is 1. The second-order valence-electron chi connectivity index (χ2n) is 10.3. The lowest BCUT2D eigenvalue weighted by Gasteiger charge is -2.29. The van der Waals surface area contributed by atoms with E-state index < -0.39 is 62.7 Å². The highest BCUT2D eigenvalue weighted by atomic mass is 32.2. The van der Waals surface area contributed by atoms with Crippen LogP contribution in [0.15, 0.2) is 36.4 Å². The molecule has 1 heterocycles. The van der Waals surface area contributed by atoms with Crippen molar-refractivity contribution in [3.63, 3.8) is 0 Å². The molecule has 0 aromatic heterocycles. The fourth-order valence-electron chi connectivity index (χ4n) is 5.19. The van der Waals surface area contributed by atoms with Crippen molar-refractivity contribution in [3.8, 4) is 11.1 Å². The largest absolute Gasteiger partial charge is 0.335 e. The maximum Gasteiger partial charge on any atom is 0.317 e. The van der Waals surface area contributed by atoms with Gasteiger partial charge in [0.15, 0.2) is 0 Å². The molecule has 2 aromatic carbocycles. The SMILES string of the molecule is O=C(NCC1(F)CC1)N1CC2(CC2)[C@H](NS(=O)(=O)CF)[C@@H]1Cc1cccc(-c2cc(F)cc(F)c2)c1F. The first-order chi connectivity index (χ1) is 17.4. The molecule has 0 unspecified atom stereocenters. The maximum atomic E-state index is 15.6. The number of likely N-dealkylation sites (tertiary alicyclic amines) is 1. The van der Waals surface area contributed by atoms with Crippen LogP contribution in [0.5, 0.6) is 0 Å². The summed E-state index contributed by atoms with van der Waals surface area (Å²) in [5, 5.41) is 2.55. The Morgan fingerprint density at radius 3 is 2.32 bits per heavy atom. The maximum absolute atomic E-state index is 15.6. The smallest absolute Gasteiger partial charge is 0.317 e. The molecule has 12 heteroatoms. The van der Waals surface area contributed by atoms with Crippen LogP contribution in [0, 0.1) is 22.9 Å². The number of nitrogens with one attached hydrogen (secondary N) is 2. The zero-order valence-corrected chi connectivity index (χ0v) is 20.6. The predicted molar refractivity (Wildman–Crippen MR) is 126 cm³/mol. The number of hydrogen-bond acceptors (Lipinski definition) is 3. The molecule has 3 fully saturated rings. The molecule has 2 amide bonds. The Balaban J connectivity index is 1.48. The molecular formula is C25H26F5N3O3S. The first-order valence-corrected chi connectivity index (χ1v) is 13.6. The lowest BCUT2D eigenvalue weighted by Crippen LogP contribution is -2.52. The molecule has 2 aliphatic carbocycles. The normalized spacial score (nSPS) is 23.3. The average molecular weight is 544 g/mol. The Morgan fingerprint density at radius 1 is 1.05 bits per heavy atom. The summed E-state index contributed by atoms with van der Waals surface area (Å²) in [5.74, 6) is -2.54. The molecule has 6 nitrogen and oxygen atoms in total. The van der Waals surface area contributed by atoms with E-state index in [1.165, 1.54) is 23.1 Å². The van der Waals surface area contributed by atoms with E-state index in [2.05, 4.69) is 10.0 Å². The first kappa shape index (κ1) is 25.9. The van der Waals surface area contributed by atoms with Gasteiger partial charge in [-0.1, -0.05) is 18.2 Å². The number of carbonyl (C=O) groups is 1. The number of benzene rings is 2. The van der Waals surface area contributed by atoms with Gasteiger partial charge in [-0.3, -0.25) is 0 Å². The number of halogens is 5. The van der Waals surface area contributed by atoms with Gasteiger partial charge in [0.05, 0.1) is 12.6 Å². The van der Waals surface area contributed by atoms with Gasteiger partial charge in [-0.25, -0.2) is 39.9 Å². The fraction of sp³-hybridized carbons (Fsp3) is 0.480. The summed E-state index contributed by atoms with van der Waals surface area (Å²) >= 11 is 0. The van der Waals surface area contributed by atoms with E-state index in [0.29, 0.717) is 31.7 Å². The third-order valence-electron chi connectivity index (χ3n) is 7.56. The van der Waals surface area contributed by atoms with Crippen molar-refractivity contribution >= 4 is 16.1 Å². The van der Waals surface area contributed by atoms with E-state index >= 15 is 4.39 Å². The van der Waals surface area contributed by atoms with Crippen molar-refractivity contribution in [3.05, 3.63) is 59.4 Å². The minimum absolute atomic E-state index is 0.0242. The first-order valence-electron chi connectivity index (χ1n) is 12.0. The van der Waals surface area contributed by atoms with Crippen molar-refractivity contribution in [1.82, 2.24) is 14.9 Å². The van der Waals surface area contributed by atoms with Gasteiger partial charge in [0, 0.05) is 29.6 Å². The van der Waals surface area contributed by atoms with Crippen LogP contribution in [0.25, 0.3) is 11.1 Å². The van der Waals surface area contributed by atoms with Gasteiger partial charge < -0.3 is 10.2 Å². The van der Waals surface area contributed by atoms with Gasteiger partial charge in [-0.2, -0.15) is 0 Å². The van der Waals surface area contributed by atoms with Crippen LogP contribution in [-0.4, -0.2) is 56.2 Å². The number of hydrogen-bond donors (Lipinski definition) is 2. The quantitative estimate of drug-likeness (QED) is 0.490. The summed E-state index contributed by atoms with van der Waals surface area (Å²) < 4.78 is 97.3. The molecule has 37 heavy (non-hydrogen) atoms. The van der Waals surface area contributed by atoms with Gasteiger partial charge in [0.1, 0.15) is 23.1 Å². The van der Waals surface area contributed by atoms with E-state index in [4.69, 9.17) is 0 Å². The van der Waals surface area contributed by atoms with Crippen LogP contribution in [0.1, 0.15) is 31.2 Å². The molecule has 1 aliphatic heterocycles. The van der Waals surface area contributed by atoms with Crippen LogP contribution in [0.4, 0.5) is 26.7 Å². The monoisotopic (exact) mass is 543 g/mol.